The van der Waals surface area contributed by atoms with E-state index in [-0.39, 0.29) is 5.57 Å². The van der Waals surface area contributed by atoms with Crippen LogP contribution in [0.2, 0.25) is 0 Å². The molecule has 1 aromatic rings. The van der Waals surface area contributed by atoms with Gasteiger partial charge in [0.2, 0.25) is 0 Å². The molecule has 0 radical (unpaired) electrons. The molecule has 2 rings (SSSR count). The van der Waals surface area contributed by atoms with Crippen molar-refractivity contribution < 1.29 is 14.3 Å². The maximum absolute atomic E-state index is 11.4. The summed E-state index contributed by atoms with van der Waals surface area (Å²) in [7, 11) is 3.06. The second kappa shape index (κ2) is 4.72. The highest BCUT2D eigenvalue weighted by Crippen LogP contribution is 2.32. The van der Waals surface area contributed by atoms with Gasteiger partial charge < -0.3 is 9.47 Å². The predicted molar refractivity (Wildman–Crippen MR) is 65.6 cm³/mol. The molecule has 0 aromatic heterocycles. The van der Waals surface area contributed by atoms with Crippen LogP contribution in [-0.2, 0) is 4.79 Å². The van der Waals surface area contributed by atoms with Crippen molar-refractivity contribution in [3.05, 3.63) is 29.3 Å². The lowest BCUT2D eigenvalue weighted by atomic mass is 10.0. The summed E-state index contributed by atoms with van der Waals surface area (Å²) in [4.78, 5) is 15.0. The number of amides is 1. The summed E-state index contributed by atoms with van der Waals surface area (Å²) in [6.45, 7) is 0. The Kier molecular flexibility index (Phi) is 3.11. The Bertz CT molecular complexity index is 609. The Labute approximate surface area is 104 Å². The molecule has 0 bridgehead atoms. The number of carbonyl (C=O) groups is 1. The number of allylic oxidation sites excluding steroid dienone is 1. The molecule has 5 nitrogen and oxygen atoms in total. The highest BCUT2D eigenvalue weighted by Gasteiger charge is 2.23. The van der Waals surface area contributed by atoms with Gasteiger partial charge in [0.15, 0.2) is 0 Å². The number of hydrogen-bond donors (Lipinski definition) is 0. The van der Waals surface area contributed by atoms with Crippen molar-refractivity contribution in [1.82, 2.24) is 0 Å². The van der Waals surface area contributed by atoms with Gasteiger partial charge in [-0.1, -0.05) is 0 Å². The zero-order valence-electron chi connectivity index (χ0n) is 9.93. The van der Waals surface area contributed by atoms with E-state index in [9.17, 15) is 4.79 Å². The minimum absolute atomic E-state index is 0.0153. The molecule has 1 aliphatic rings. The topological polar surface area (TPSA) is 71.7 Å². The van der Waals surface area contributed by atoms with Gasteiger partial charge in [-0.3, -0.25) is 4.79 Å². The molecule has 1 amide bonds. The molecule has 18 heavy (non-hydrogen) atoms. The third kappa shape index (κ3) is 1.84. The van der Waals surface area contributed by atoms with E-state index in [2.05, 4.69) is 4.99 Å². The highest BCUT2D eigenvalue weighted by molar-refractivity contribution is 6.29. The van der Waals surface area contributed by atoms with Gasteiger partial charge in [0.1, 0.15) is 23.1 Å². The van der Waals surface area contributed by atoms with E-state index in [1.165, 1.54) is 13.3 Å². The summed E-state index contributed by atoms with van der Waals surface area (Å²) in [5, 5.41) is 8.98. The molecule has 1 aliphatic heterocycles. The van der Waals surface area contributed by atoms with Gasteiger partial charge in [-0.05, 0) is 18.2 Å². The third-order valence-electron chi connectivity index (χ3n) is 2.60. The number of nitrogens with zero attached hydrogens (tertiary/aromatic N) is 2. The monoisotopic (exact) mass is 242 g/mol. The number of ether oxygens (including phenoxy) is 2. The van der Waals surface area contributed by atoms with Crippen molar-refractivity contribution >= 4 is 17.7 Å². The van der Waals surface area contributed by atoms with Crippen LogP contribution < -0.4 is 9.47 Å². The number of aliphatic imine (C=N–C) groups is 1. The van der Waals surface area contributed by atoms with Crippen LogP contribution >= 0.6 is 0 Å². The highest BCUT2D eigenvalue weighted by atomic mass is 16.5. The van der Waals surface area contributed by atoms with Crippen molar-refractivity contribution in [2.45, 2.75) is 0 Å². The van der Waals surface area contributed by atoms with Gasteiger partial charge in [-0.15, -0.1) is 0 Å². The van der Waals surface area contributed by atoms with Crippen molar-refractivity contribution in [2.24, 2.45) is 4.99 Å². The predicted octanol–water partition coefficient (Wildman–Crippen LogP) is 1.59. The smallest absolute Gasteiger partial charge is 0.288 e. The minimum Gasteiger partial charge on any atom is -0.497 e. The normalized spacial score (nSPS) is 13.7. The Hall–Kier alpha value is -2.61. The van der Waals surface area contributed by atoms with E-state index in [4.69, 9.17) is 14.7 Å². The minimum atomic E-state index is -0.530. The van der Waals surface area contributed by atoms with Gasteiger partial charge in [-0.25, -0.2) is 4.99 Å². The van der Waals surface area contributed by atoms with Crippen molar-refractivity contribution in [3.63, 3.8) is 0 Å². The quantitative estimate of drug-likeness (QED) is 0.806. The molecule has 0 atom stereocenters. The fourth-order valence-corrected chi connectivity index (χ4v) is 1.70. The van der Waals surface area contributed by atoms with E-state index >= 15 is 0 Å². The molecule has 0 aliphatic carbocycles. The van der Waals surface area contributed by atoms with Crippen LogP contribution in [0.3, 0.4) is 0 Å². The Morgan fingerprint density at radius 3 is 2.67 bits per heavy atom. The van der Waals surface area contributed by atoms with Crippen LogP contribution in [0.25, 0.3) is 5.57 Å². The lowest BCUT2D eigenvalue weighted by Gasteiger charge is -2.09. The molecular formula is C13H10N2O3. The van der Waals surface area contributed by atoms with Crippen LogP contribution in [-0.4, -0.2) is 26.3 Å². The second-order valence-electron chi connectivity index (χ2n) is 3.53. The Morgan fingerprint density at radius 2 is 2.06 bits per heavy atom. The largest absolute Gasteiger partial charge is 0.497 e. The molecule has 90 valence electrons. The molecule has 0 N–H and O–H groups in total. The summed E-state index contributed by atoms with van der Waals surface area (Å²) in [5.41, 5.74) is 1.09. The first-order valence-electron chi connectivity index (χ1n) is 5.16. The summed E-state index contributed by atoms with van der Waals surface area (Å²) in [5.74, 6) is 0.639. The molecule has 0 fully saturated rings. The standard InChI is InChI=1S/C13H10N2O3/c1-17-8-3-4-12(18-2)9(5-8)11-7-15-13(16)10(11)6-14/h3-5,7H,1-2H3. The molecule has 0 saturated heterocycles. The summed E-state index contributed by atoms with van der Waals surface area (Å²) < 4.78 is 10.3. The molecule has 0 spiro atoms. The van der Waals surface area contributed by atoms with Crippen LogP contribution in [0.15, 0.2) is 28.8 Å². The van der Waals surface area contributed by atoms with E-state index in [1.807, 2.05) is 6.07 Å². The molecule has 0 saturated carbocycles. The molecule has 1 heterocycles. The first-order chi connectivity index (χ1) is 8.71. The molecule has 1 aromatic carbocycles. The van der Waals surface area contributed by atoms with Gasteiger partial charge >= 0.3 is 0 Å². The van der Waals surface area contributed by atoms with Crippen LogP contribution in [0.4, 0.5) is 0 Å². The summed E-state index contributed by atoms with van der Waals surface area (Å²) in [6, 6.07) is 7.02. The zero-order valence-corrected chi connectivity index (χ0v) is 9.93. The van der Waals surface area contributed by atoms with Gasteiger partial charge in [0.25, 0.3) is 5.91 Å². The van der Waals surface area contributed by atoms with E-state index in [1.54, 1.807) is 25.3 Å². The first-order valence-corrected chi connectivity index (χ1v) is 5.16. The van der Waals surface area contributed by atoms with Gasteiger partial charge in [-0.2, -0.15) is 5.26 Å². The van der Waals surface area contributed by atoms with Crippen molar-refractivity contribution in [3.8, 4) is 17.6 Å². The van der Waals surface area contributed by atoms with Gasteiger partial charge in [0.05, 0.1) is 14.2 Å². The number of nitriles is 1. The first kappa shape index (κ1) is 11.9. The van der Waals surface area contributed by atoms with E-state index in [0.717, 1.165) is 0 Å². The third-order valence-corrected chi connectivity index (χ3v) is 2.60. The molecule has 0 unspecified atom stereocenters. The number of hydrogen-bond acceptors (Lipinski definition) is 4. The van der Waals surface area contributed by atoms with Crippen molar-refractivity contribution in [1.29, 1.82) is 5.26 Å². The average Bonchev–Trinajstić information content (AvgIpc) is 2.78. The average molecular weight is 242 g/mol. The Morgan fingerprint density at radius 1 is 1.28 bits per heavy atom. The number of benzene rings is 1. The van der Waals surface area contributed by atoms with Crippen molar-refractivity contribution in [2.75, 3.05) is 14.2 Å². The maximum atomic E-state index is 11.4. The number of methoxy groups -OCH3 is 2. The van der Waals surface area contributed by atoms with Crippen LogP contribution in [0, 0.1) is 11.3 Å². The Balaban J connectivity index is 2.64. The molecule has 5 heteroatoms. The summed E-state index contributed by atoms with van der Waals surface area (Å²) >= 11 is 0. The SMILES string of the molecule is COc1ccc(OC)c(C2=C(C#N)C(=O)N=C2)c1. The lowest BCUT2D eigenvalue weighted by molar-refractivity contribution is -0.113. The fraction of sp³-hybridized carbons (Fsp3) is 0.154. The molecular weight excluding hydrogens is 232 g/mol. The maximum Gasteiger partial charge on any atom is 0.288 e. The second-order valence-corrected chi connectivity index (χ2v) is 3.53. The fourth-order valence-electron chi connectivity index (χ4n) is 1.70. The number of rotatable bonds is 3. The van der Waals surface area contributed by atoms with E-state index < -0.39 is 5.91 Å². The van der Waals surface area contributed by atoms with E-state index in [0.29, 0.717) is 22.6 Å². The lowest BCUT2D eigenvalue weighted by Crippen LogP contribution is -1.97. The zero-order chi connectivity index (χ0) is 13.1. The van der Waals surface area contributed by atoms with Crippen LogP contribution in [0.1, 0.15) is 5.56 Å². The van der Waals surface area contributed by atoms with Crippen LogP contribution in [0.5, 0.6) is 11.5 Å². The summed E-state index contributed by atoms with van der Waals surface area (Å²) in [6.07, 6.45) is 1.37. The number of carbonyl (C=O) groups excluding carboxylic acids is 1. The van der Waals surface area contributed by atoms with Gasteiger partial charge in [0, 0.05) is 17.4 Å².